The Morgan fingerprint density at radius 2 is 1.56 bits per heavy atom. The predicted octanol–water partition coefficient (Wildman–Crippen LogP) is 3.59. The smallest absolute Gasteiger partial charge is 0.243 e. The number of benzene rings is 2. The molecule has 0 aromatic heterocycles. The van der Waals surface area contributed by atoms with Gasteiger partial charge in [0.15, 0.2) is 0 Å². The van der Waals surface area contributed by atoms with Crippen molar-refractivity contribution < 1.29 is 14.4 Å². The number of hydrogen-bond acceptors (Lipinski definition) is 3. The zero-order chi connectivity index (χ0) is 20.0. The third-order valence-electron chi connectivity index (χ3n) is 3.64. The predicted molar refractivity (Wildman–Crippen MR) is 107 cm³/mol. The van der Waals surface area contributed by atoms with Crippen LogP contribution in [0.2, 0.25) is 10.0 Å². The summed E-state index contributed by atoms with van der Waals surface area (Å²) in [5.41, 5.74) is 1.95. The lowest BCUT2D eigenvalue weighted by Crippen LogP contribution is -2.35. The molecular weight excluding hydrogens is 389 g/mol. The van der Waals surface area contributed by atoms with Crippen molar-refractivity contribution in [2.75, 3.05) is 24.2 Å². The summed E-state index contributed by atoms with van der Waals surface area (Å²) in [5, 5.41) is 6.06. The summed E-state index contributed by atoms with van der Waals surface area (Å²) in [6, 6.07) is 11.7. The molecule has 27 heavy (non-hydrogen) atoms. The Morgan fingerprint density at radius 3 is 2.15 bits per heavy atom. The number of nitrogens with one attached hydrogen (secondary N) is 2. The second-order valence-corrected chi connectivity index (χ2v) is 6.80. The molecule has 2 rings (SSSR count). The Morgan fingerprint density at radius 1 is 0.926 bits per heavy atom. The van der Waals surface area contributed by atoms with E-state index in [9.17, 15) is 14.4 Å². The van der Waals surface area contributed by atoms with Crippen LogP contribution in [-0.4, -0.2) is 36.2 Å². The van der Waals surface area contributed by atoms with Gasteiger partial charge in [0.25, 0.3) is 0 Å². The van der Waals surface area contributed by atoms with Crippen LogP contribution < -0.4 is 10.6 Å². The molecule has 6 nitrogen and oxygen atoms in total. The highest BCUT2D eigenvalue weighted by atomic mass is 35.5. The van der Waals surface area contributed by atoms with Gasteiger partial charge in [-0.2, -0.15) is 0 Å². The van der Waals surface area contributed by atoms with Crippen LogP contribution in [-0.2, 0) is 20.8 Å². The van der Waals surface area contributed by atoms with Crippen LogP contribution in [0.15, 0.2) is 42.5 Å². The van der Waals surface area contributed by atoms with Crippen molar-refractivity contribution in [2.45, 2.75) is 13.3 Å². The van der Waals surface area contributed by atoms with Crippen LogP contribution in [0, 0.1) is 0 Å². The van der Waals surface area contributed by atoms with E-state index in [0.29, 0.717) is 21.4 Å². The number of amides is 3. The van der Waals surface area contributed by atoms with Gasteiger partial charge >= 0.3 is 0 Å². The molecule has 2 aromatic carbocycles. The van der Waals surface area contributed by atoms with Crippen LogP contribution >= 0.6 is 23.2 Å². The number of rotatable bonds is 6. The zero-order valence-corrected chi connectivity index (χ0v) is 16.4. The second-order valence-electron chi connectivity index (χ2n) is 5.98. The van der Waals surface area contributed by atoms with Gasteiger partial charge in [-0.1, -0.05) is 35.3 Å². The summed E-state index contributed by atoms with van der Waals surface area (Å²) in [6.07, 6.45) is 0.150. The molecule has 142 valence electrons. The SMILES string of the molecule is CC(=O)Nc1ccc(CC(=O)N(C)CC(=O)Nc2ccc(Cl)c(Cl)c2)cc1. The number of anilines is 2. The van der Waals surface area contributed by atoms with Crippen molar-refractivity contribution in [3.63, 3.8) is 0 Å². The molecule has 0 aliphatic rings. The molecule has 2 N–H and O–H groups in total. The van der Waals surface area contributed by atoms with E-state index in [0.717, 1.165) is 5.56 Å². The van der Waals surface area contributed by atoms with Crippen molar-refractivity contribution in [1.82, 2.24) is 4.90 Å². The zero-order valence-electron chi connectivity index (χ0n) is 14.9. The normalized spacial score (nSPS) is 10.2. The maximum Gasteiger partial charge on any atom is 0.243 e. The first kappa shape index (κ1) is 20.7. The van der Waals surface area contributed by atoms with Gasteiger partial charge in [0.05, 0.1) is 23.0 Å². The third-order valence-corrected chi connectivity index (χ3v) is 4.38. The fourth-order valence-electron chi connectivity index (χ4n) is 2.30. The summed E-state index contributed by atoms with van der Waals surface area (Å²) in [7, 11) is 1.56. The van der Waals surface area contributed by atoms with Crippen molar-refractivity contribution in [3.8, 4) is 0 Å². The Hall–Kier alpha value is -2.57. The lowest BCUT2D eigenvalue weighted by Gasteiger charge is -2.17. The molecule has 0 fully saturated rings. The van der Waals surface area contributed by atoms with Gasteiger partial charge in [0, 0.05) is 25.3 Å². The molecule has 3 amide bonds. The highest BCUT2D eigenvalue weighted by Gasteiger charge is 2.14. The molecule has 0 aliphatic carbocycles. The lowest BCUT2D eigenvalue weighted by atomic mass is 10.1. The van der Waals surface area contributed by atoms with Gasteiger partial charge in [-0.3, -0.25) is 14.4 Å². The number of likely N-dealkylation sites (N-methyl/N-ethyl adjacent to an activating group) is 1. The molecule has 0 bridgehead atoms. The van der Waals surface area contributed by atoms with Crippen molar-refractivity contribution in [2.24, 2.45) is 0 Å². The minimum atomic E-state index is -0.342. The number of nitrogens with zero attached hydrogens (tertiary/aromatic N) is 1. The van der Waals surface area contributed by atoms with Crippen LogP contribution in [0.25, 0.3) is 0 Å². The van der Waals surface area contributed by atoms with Crippen molar-refractivity contribution >= 4 is 52.3 Å². The van der Waals surface area contributed by atoms with E-state index >= 15 is 0 Å². The molecule has 0 saturated heterocycles. The summed E-state index contributed by atoms with van der Waals surface area (Å²) in [4.78, 5) is 36.8. The number of hydrogen-bond donors (Lipinski definition) is 2. The Balaban J connectivity index is 1.87. The van der Waals surface area contributed by atoms with Gasteiger partial charge in [-0.25, -0.2) is 0 Å². The highest BCUT2D eigenvalue weighted by Crippen LogP contribution is 2.24. The lowest BCUT2D eigenvalue weighted by molar-refractivity contribution is -0.132. The fraction of sp³-hybridized carbons (Fsp3) is 0.211. The standard InChI is InChI=1S/C19H19Cl2N3O3/c1-12(25)22-14-5-3-13(4-6-14)9-19(27)24(2)11-18(26)23-15-7-8-16(20)17(21)10-15/h3-8,10H,9,11H2,1-2H3,(H,22,25)(H,23,26). The fourth-order valence-corrected chi connectivity index (χ4v) is 2.59. The molecule has 0 saturated carbocycles. The van der Waals surface area contributed by atoms with Crippen molar-refractivity contribution in [3.05, 3.63) is 58.1 Å². The van der Waals surface area contributed by atoms with E-state index in [1.807, 2.05) is 0 Å². The molecule has 0 radical (unpaired) electrons. The minimum absolute atomic E-state index is 0.0942. The molecule has 0 unspecified atom stereocenters. The maximum absolute atomic E-state index is 12.3. The Bertz CT molecular complexity index is 854. The van der Waals surface area contributed by atoms with E-state index in [1.54, 1.807) is 49.5 Å². The Kier molecular flexibility index (Phi) is 7.21. The Labute approximate surface area is 167 Å². The first-order chi connectivity index (χ1) is 12.7. The van der Waals surface area contributed by atoms with Gasteiger partial charge in [0.2, 0.25) is 17.7 Å². The molecular formula is C19H19Cl2N3O3. The minimum Gasteiger partial charge on any atom is -0.336 e. The monoisotopic (exact) mass is 407 g/mol. The molecule has 8 heteroatoms. The van der Waals surface area contributed by atoms with Gasteiger partial charge < -0.3 is 15.5 Å². The first-order valence-electron chi connectivity index (χ1n) is 8.10. The van der Waals surface area contributed by atoms with Crippen LogP contribution in [0.4, 0.5) is 11.4 Å². The molecule has 0 aliphatic heterocycles. The average molecular weight is 408 g/mol. The van der Waals surface area contributed by atoms with E-state index < -0.39 is 0 Å². The molecule has 0 atom stereocenters. The van der Waals surface area contributed by atoms with Gasteiger partial charge in [-0.15, -0.1) is 0 Å². The van der Waals surface area contributed by atoms with E-state index in [1.165, 1.54) is 11.8 Å². The second kappa shape index (κ2) is 9.39. The van der Waals surface area contributed by atoms with E-state index in [4.69, 9.17) is 23.2 Å². The number of carbonyl (C=O) groups excluding carboxylic acids is 3. The number of halogens is 2. The van der Waals surface area contributed by atoms with Gasteiger partial charge in [-0.05, 0) is 35.9 Å². The third kappa shape index (κ3) is 6.58. The van der Waals surface area contributed by atoms with Crippen LogP contribution in [0.5, 0.6) is 0 Å². The highest BCUT2D eigenvalue weighted by molar-refractivity contribution is 6.42. The quantitative estimate of drug-likeness (QED) is 0.767. The molecule has 0 spiro atoms. The largest absolute Gasteiger partial charge is 0.336 e. The van der Waals surface area contributed by atoms with Crippen LogP contribution in [0.3, 0.4) is 0 Å². The van der Waals surface area contributed by atoms with Crippen LogP contribution in [0.1, 0.15) is 12.5 Å². The summed E-state index contributed by atoms with van der Waals surface area (Å²) in [5.74, 6) is -0.705. The maximum atomic E-state index is 12.3. The van der Waals surface area contributed by atoms with E-state index in [2.05, 4.69) is 10.6 Å². The topological polar surface area (TPSA) is 78.5 Å². The summed E-state index contributed by atoms with van der Waals surface area (Å²) >= 11 is 11.7. The number of carbonyl (C=O) groups is 3. The summed E-state index contributed by atoms with van der Waals surface area (Å²) < 4.78 is 0. The molecule has 2 aromatic rings. The molecule has 0 heterocycles. The first-order valence-corrected chi connectivity index (χ1v) is 8.85. The van der Waals surface area contributed by atoms with E-state index in [-0.39, 0.29) is 30.7 Å². The van der Waals surface area contributed by atoms with Crippen molar-refractivity contribution in [1.29, 1.82) is 0 Å². The average Bonchev–Trinajstić information content (AvgIpc) is 2.59. The van der Waals surface area contributed by atoms with Gasteiger partial charge in [0.1, 0.15) is 0 Å². The summed E-state index contributed by atoms with van der Waals surface area (Å²) in [6.45, 7) is 1.33.